The van der Waals surface area contributed by atoms with Crippen LogP contribution in [0.25, 0.3) is 11.3 Å². The van der Waals surface area contributed by atoms with Gasteiger partial charge in [0, 0.05) is 30.9 Å². The Morgan fingerprint density at radius 3 is 3.00 bits per heavy atom. The third-order valence-corrected chi connectivity index (χ3v) is 7.03. The number of hydrogen-bond acceptors (Lipinski definition) is 7. The maximum Gasteiger partial charge on any atom is 0.271 e. The molecule has 5 heterocycles. The molecule has 9 nitrogen and oxygen atoms in total. The fourth-order valence-electron chi connectivity index (χ4n) is 4.99. The van der Waals surface area contributed by atoms with Crippen LogP contribution in [0.15, 0.2) is 42.6 Å². The lowest BCUT2D eigenvalue weighted by atomic mass is 10.0. The van der Waals surface area contributed by atoms with E-state index in [0.717, 1.165) is 42.9 Å². The SMILES string of the molecule is COc1c(Cl)cccc1Nc1c2nn3c1C(=O)NC[C@H]3C/C=C\CC[C@H]1CNc3nccc-2c3N1. The number of carbonyl (C=O) groups is 1. The van der Waals surface area contributed by atoms with E-state index in [1.165, 1.54) is 0 Å². The van der Waals surface area contributed by atoms with Crippen molar-refractivity contribution in [1.29, 1.82) is 0 Å². The second-order valence-electron chi connectivity index (χ2n) is 8.92. The molecule has 6 rings (SSSR count). The van der Waals surface area contributed by atoms with Crippen LogP contribution in [0, 0.1) is 0 Å². The number of halogens is 1. The molecule has 10 heteroatoms. The van der Waals surface area contributed by atoms with Gasteiger partial charge in [0.2, 0.25) is 0 Å². The zero-order valence-corrected chi connectivity index (χ0v) is 20.0. The average molecular weight is 492 g/mol. The van der Waals surface area contributed by atoms with Gasteiger partial charge in [0.1, 0.15) is 11.5 Å². The van der Waals surface area contributed by atoms with Crippen LogP contribution in [-0.4, -0.2) is 46.9 Å². The van der Waals surface area contributed by atoms with Crippen molar-refractivity contribution in [3.05, 3.63) is 53.3 Å². The first-order valence-corrected chi connectivity index (χ1v) is 12.2. The van der Waals surface area contributed by atoms with E-state index in [2.05, 4.69) is 38.4 Å². The average Bonchev–Trinajstić information content (AvgIpc) is 3.24. The highest BCUT2D eigenvalue weighted by atomic mass is 35.5. The van der Waals surface area contributed by atoms with Crippen molar-refractivity contribution >= 4 is 40.4 Å². The molecule has 3 aromatic rings. The second-order valence-corrected chi connectivity index (χ2v) is 9.32. The van der Waals surface area contributed by atoms with Crippen LogP contribution in [0.1, 0.15) is 35.8 Å². The zero-order chi connectivity index (χ0) is 23.9. The van der Waals surface area contributed by atoms with Gasteiger partial charge in [-0.3, -0.25) is 9.48 Å². The van der Waals surface area contributed by atoms with E-state index in [4.69, 9.17) is 21.4 Å². The highest BCUT2D eigenvalue weighted by Gasteiger charge is 2.34. The number of carbonyl (C=O) groups excluding carboxylic acids is 1. The number of amides is 1. The third kappa shape index (κ3) is 3.76. The maximum atomic E-state index is 13.2. The molecule has 0 fully saturated rings. The van der Waals surface area contributed by atoms with Crippen molar-refractivity contribution < 1.29 is 9.53 Å². The number of hydrogen-bond donors (Lipinski definition) is 4. The topological polar surface area (TPSA) is 105 Å². The van der Waals surface area contributed by atoms with Crippen molar-refractivity contribution in [1.82, 2.24) is 20.1 Å². The van der Waals surface area contributed by atoms with Gasteiger partial charge in [0.25, 0.3) is 5.91 Å². The molecular formula is C25H26ClN7O2. The van der Waals surface area contributed by atoms with Gasteiger partial charge >= 0.3 is 0 Å². The molecule has 3 aliphatic rings. The number of aromatic nitrogens is 3. The van der Waals surface area contributed by atoms with E-state index in [0.29, 0.717) is 40.1 Å². The largest absolute Gasteiger partial charge is 0.493 e. The highest BCUT2D eigenvalue weighted by Crippen LogP contribution is 2.44. The van der Waals surface area contributed by atoms with E-state index in [-0.39, 0.29) is 18.0 Å². The van der Waals surface area contributed by atoms with E-state index in [1.807, 2.05) is 22.9 Å². The minimum absolute atomic E-state index is 0.00651. The first-order valence-electron chi connectivity index (χ1n) is 11.8. The Morgan fingerprint density at radius 2 is 2.11 bits per heavy atom. The third-order valence-electron chi connectivity index (χ3n) is 6.73. The van der Waals surface area contributed by atoms with Gasteiger partial charge in [-0.1, -0.05) is 29.8 Å². The summed E-state index contributed by atoms with van der Waals surface area (Å²) in [6.45, 7) is 1.32. The molecule has 0 aliphatic carbocycles. The Morgan fingerprint density at radius 1 is 1.20 bits per heavy atom. The summed E-state index contributed by atoms with van der Waals surface area (Å²) >= 11 is 6.40. The van der Waals surface area contributed by atoms with Crippen LogP contribution in [0.2, 0.25) is 5.02 Å². The number of methoxy groups -OCH3 is 1. The summed E-state index contributed by atoms with van der Waals surface area (Å²) in [5.41, 5.74) is 4.17. The number of pyridine rings is 1. The Bertz CT molecular complexity index is 1340. The molecule has 1 amide bonds. The molecule has 180 valence electrons. The molecule has 1 aromatic carbocycles. The van der Waals surface area contributed by atoms with Crippen LogP contribution < -0.4 is 26.0 Å². The minimum atomic E-state index is -0.175. The van der Waals surface area contributed by atoms with Crippen LogP contribution in [0.3, 0.4) is 0 Å². The summed E-state index contributed by atoms with van der Waals surface area (Å²) in [5, 5.41) is 19.1. The Kier molecular flexibility index (Phi) is 5.49. The summed E-state index contributed by atoms with van der Waals surface area (Å²) in [5.74, 6) is 1.11. The molecule has 2 aromatic heterocycles. The van der Waals surface area contributed by atoms with Gasteiger partial charge in [0.05, 0.1) is 35.2 Å². The number of nitrogens with zero attached hydrogens (tertiary/aromatic N) is 3. The molecule has 4 bridgehead atoms. The number of benzene rings is 1. The van der Waals surface area contributed by atoms with Gasteiger partial charge in [-0.15, -0.1) is 0 Å². The molecule has 3 aliphatic heterocycles. The van der Waals surface area contributed by atoms with Crippen LogP contribution in [-0.2, 0) is 0 Å². The first kappa shape index (κ1) is 21.8. The monoisotopic (exact) mass is 491 g/mol. The molecular weight excluding hydrogens is 466 g/mol. The van der Waals surface area contributed by atoms with E-state index in [9.17, 15) is 4.79 Å². The number of rotatable bonds is 3. The van der Waals surface area contributed by atoms with Gasteiger partial charge in [-0.2, -0.15) is 5.10 Å². The normalized spacial score (nSPS) is 21.3. The first-order chi connectivity index (χ1) is 17.1. The number of ether oxygens (including phenoxy) is 1. The van der Waals surface area contributed by atoms with E-state index >= 15 is 0 Å². The molecule has 4 N–H and O–H groups in total. The van der Waals surface area contributed by atoms with Gasteiger partial charge in [-0.25, -0.2) is 4.98 Å². The lowest BCUT2D eigenvalue weighted by Gasteiger charge is -2.29. The number of nitrogens with one attached hydrogen (secondary N) is 4. The van der Waals surface area contributed by atoms with Crippen molar-refractivity contribution in [2.45, 2.75) is 31.3 Å². The summed E-state index contributed by atoms with van der Waals surface area (Å²) < 4.78 is 7.42. The molecule has 0 saturated carbocycles. The van der Waals surface area contributed by atoms with E-state index in [1.54, 1.807) is 19.4 Å². The standard InChI is InChI=1S/C25H26ClN7O2/c1-35-23-17(26)8-5-9-18(23)31-21-19-16-10-11-27-24-20(16)30-14(12-28-24)6-3-2-4-7-15-13-29-25(34)22(21)33(15)32-19/h2,4-5,8-11,14-15,30-31H,3,6-7,12-13H2,1H3,(H,27,28)(H,29,34)/b4-2-/t14-,15+/m0/s1. The minimum Gasteiger partial charge on any atom is -0.493 e. The Hall–Kier alpha value is -3.72. The predicted octanol–water partition coefficient (Wildman–Crippen LogP) is 4.58. The maximum absolute atomic E-state index is 13.2. The van der Waals surface area contributed by atoms with Gasteiger partial charge in [-0.05, 0) is 37.5 Å². The van der Waals surface area contributed by atoms with Gasteiger partial charge in [0.15, 0.2) is 11.4 Å². The van der Waals surface area contributed by atoms with Crippen molar-refractivity contribution in [3.8, 4) is 17.0 Å². The predicted molar refractivity (Wildman–Crippen MR) is 137 cm³/mol. The lowest BCUT2D eigenvalue weighted by molar-refractivity contribution is 0.0911. The molecule has 0 unspecified atom stereocenters. The molecule has 0 radical (unpaired) electrons. The smallest absolute Gasteiger partial charge is 0.271 e. The zero-order valence-electron chi connectivity index (χ0n) is 19.3. The molecule has 35 heavy (non-hydrogen) atoms. The second kappa shape index (κ2) is 8.81. The Labute approximate surface area is 207 Å². The summed E-state index contributed by atoms with van der Waals surface area (Å²) in [6, 6.07) is 7.68. The van der Waals surface area contributed by atoms with Crippen LogP contribution in [0.5, 0.6) is 5.75 Å². The quantitative estimate of drug-likeness (QED) is 0.397. The summed E-state index contributed by atoms with van der Waals surface area (Å²) in [6.07, 6.45) is 8.92. The van der Waals surface area contributed by atoms with Crippen molar-refractivity contribution in [2.24, 2.45) is 0 Å². The van der Waals surface area contributed by atoms with E-state index < -0.39 is 0 Å². The summed E-state index contributed by atoms with van der Waals surface area (Å²) in [4.78, 5) is 17.7. The fraction of sp³-hybridized carbons (Fsp3) is 0.320. The highest BCUT2D eigenvalue weighted by molar-refractivity contribution is 6.32. The van der Waals surface area contributed by atoms with Gasteiger partial charge < -0.3 is 26.0 Å². The number of anilines is 4. The number of allylic oxidation sites excluding steroid dienone is 2. The summed E-state index contributed by atoms with van der Waals surface area (Å²) in [7, 11) is 1.57. The number of fused-ring (bicyclic) bond motifs is 3. The fourth-order valence-corrected chi connectivity index (χ4v) is 5.25. The Balaban J connectivity index is 1.59. The lowest BCUT2D eigenvalue weighted by Crippen LogP contribution is -2.39. The van der Waals surface area contributed by atoms with Crippen molar-refractivity contribution in [2.75, 3.05) is 36.1 Å². The molecule has 2 atom stereocenters. The van der Waals surface area contributed by atoms with Crippen LogP contribution >= 0.6 is 11.6 Å². The van der Waals surface area contributed by atoms with Crippen LogP contribution in [0.4, 0.5) is 22.9 Å². The molecule has 0 saturated heterocycles. The van der Waals surface area contributed by atoms with Crippen molar-refractivity contribution in [3.63, 3.8) is 0 Å². The molecule has 0 spiro atoms. The number of para-hydroxylation sites is 1.